The topological polar surface area (TPSA) is 46.2 Å². The molecule has 0 aliphatic carbocycles. The third kappa shape index (κ3) is 3.29. The van der Waals surface area contributed by atoms with Crippen molar-refractivity contribution in [3.8, 4) is 0 Å². The molecule has 1 amide bonds. The Balaban J connectivity index is 1.96. The predicted octanol–water partition coefficient (Wildman–Crippen LogP) is 2.92. The zero-order chi connectivity index (χ0) is 13.7. The van der Waals surface area contributed by atoms with E-state index in [0.29, 0.717) is 10.4 Å². The second-order valence-electron chi connectivity index (χ2n) is 4.10. The number of hydrogen-bond acceptors (Lipinski definition) is 3. The van der Waals surface area contributed by atoms with Crippen LogP contribution in [0.1, 0.15) is 32.5 Å². The summed E-state index contributed by atoms with van der Waals surface area (Å²) in [5, 5.41) is 4.58. The van der Waals surface area contributed by atoms with Gasteiger partial charge in [-0.2, -0.15) is 0 Å². The molecule has 0 radical (unpaired) electrons. The van der Waals surface area contributed by atoms with Crippen LogP contribution in [0.2, 0.25) is 0 Å². The Labute approximate surface area is 116 Å². The van der Waals surface area contributed by atoms with Gasteiger partial charge in [0.25, 0.3) is 5.91 Å². The van der Waals surface area contributed by atoms with E-state index in [1.54, 1.807) is 12.1 Å². The molecular weight excluding hydrogens is 258 g/mol. The zero-order valence-corrected chi connectivity index (χ0v) is 11.5. The maximum absolute atomic E-state index is 12.0. The number of hydrogen-bond donors (Lipinski definition) is 1. The van der Waals surface area contributed by atoms with Crippen LogP contribution >= 0.6 is 11.3 Å². The molecule has 0 atom stereocenters. The molecule has 0 spiro atoms. The largest absolute Gasteiger partial charge is 0.344 e. The van der Waals surface area contributed by atoms with Gasteiger partial charge < -0.3 is 5.32 Å². The van der Waals surface area contributed by atoms with E-state index in [2.05, 4.69) is 5.32 Å². The van der Waals surface area contributed by atoms with Crippen molar-refractivity contribution in [1.29, 1.82) is 0 Å². The quantitative estimate of drug-likeness (QED) is 0.851. The fraction of sp³-hybridized carbons (Fsp3) is 0.200. The van der Waals surface area contributed by atoms with Crippen LogP contribution in [0.3, 0.4) is 0 Å². The molecule has 4 heteroatoms. The van der Waals surface area contributed by atoms with Crippen LogP contribution < -0.4 is 5.32 Å². The lowest BCUT2D eigenvalue weighted by atomic mass is 10.1. The highest BCUT2D eigenvalue weighted by atomic mass is 32.1. The van der Waals surface area contributed by atoms with E-state index in [1.165, 1.54) is 11.3 Å². The lowest BCUT2D eigenvalue weighted by Gasteiger charge is -2.04. The van der Waals surface area contributed by atoms with Crippen molar-refractivity contribution in [3.05, 3.63) is 57.8 Å². The van der Waals surface area contributed by atoms with Crippen molar-refractivity contribution in [1.82, 2.24) is 5.32 Å². The molecule has 0 aliphatic heterocycles. The number of carbonyl (C=O) groups excluding carboxylic acids is 2. The van der Waals surface area contributed by atoms with Crippen LogP contribution in [0, 0.1) is 0 Å². The maximum atomic E-state index is 12.0. The van der Waals surface area contributed by atoms with Gasteiger partial charge in [0.1, 0.15) is 0 Å². The smallest absolute Gasteiger partial charge is 0.262 e. The molecule has 3 nitrogen and oxygen atoms in total. The summed E-state index contributed by atoms with van der Waals surface area (Å²) in [5.41, 5.74) is 1.64. The minimum absolute atomic E-state index is 0.0316. The first-order chi connectivity index (χ1) is 9.22. The number of ketones is 1. The second-order valence-corrected chi connectivity index (χ2v) is 5.02. The minimum atomic E-state index is -0.170. The summed E-state index contributed by atoms with van der Waals surface area (Å²) < 4.78 is 0. The van der Waals surface area contributed by atoms with E-state index < -0.39 is 0 Å². The van der Waals surface area contributed by atoms with E-state index in [4.69, 9.17) is 0 Å². The monoisotopic (exact) mass is 273 g/mol. The van der Waals surface area contributed by atoms with Crippen molar-refractivity contribution in [2.75, 3.05) is 6.54 Å². The normalized spacial score (nSPS) is 10.2. The first-order valence-electron chi connectivity index (χ1n) is 6.15. The first kappa shape index (κ1) is 13.5. The first-order valence-corrected chi connectivity index (χ1v) is 7.03. The SMILES string of the molecule is CCc1ccsc1C(=O)NCC(=O)c1ccccc1. The standard InChI is InChI=1S/C15H15NO2S/c1-2-11-8-9-19-14(11)15(18)16-10-13(17)12-6-4-3-5-7-12/h3-9H,2,10H2,1H3,(H,16,18). The van der Waals surface area contributed by atoms with Gasteiger partial charge in [0.15, 0.2) is 5.78 Å². The molecule has 1 aromatic carbocycles. The summed E-state index contributed by atoms with van der Waals surface area (Å²) >= 11 is 1.41. The van der Waals surface area contributed by atoms with Gasteiger partial charge in [0.05, 0.1) is 11.4 Å². The number of aryl methyl sites for hydroxylation is 1. The number of nitrogens with one attached hydrogen (secondary N) is 1. The second kappa shape index (κ2) is 6.29. The number of carbonyl (C=O) groups is 2. The van der Waals surface area contributed by atoms with Crippen molar-refractivity contribution in [3.63, 3.8) is 0 Å². The van der Waals surface area contributed by atoms with E-state index >= 15 is 0 Å². The molecule has 1 N–H and O–H groups in total. The van der Waals surface area contributed by atoms with Crippen LogP contribution in [0.4, 0.5) is 0 Å². The molecule has 0 saturated heterocycles. The minimum Gasteiger partial charge on any atom is -0.344 e. The lowest BCUT2D eigenvalue weighted by Crippen LogP contribution is -2.29. The summed E-state index contributed by atoms with van der Waals surface area (Å²) in [5.74, 6) is -0.250. The van der Waals surface area contributed by atoms with Crippen LogP contribution in [0.5, 0.6) is 0 Å². The average molecular weight is 273 g/mol. The zero-order valence-electron chi connectivity index (χ0n) is 10.7. The van der Waals surface area contributed by atoms with Crippen LogP contribution in [-0.2, 0) is 6.42 Å². The third-order valence-electron chi connectivity index (χ3n) is 2.84. The van der Waals surface area contributed by atoms with Crippen LogP contribution in [0.25, 0.3) is 0 Å². The highest BCUT2D eigenvalue weighted by Crippen LogP contribution is 2.16. The summed E-state index contributed by atoms with van der Waals surface area (Å²) in [6.45, 7) is 2.04. The summed E-state index contributed by atoms with van der Waals surface area (Å²) in [6, 6.07) is 10.9. The average Bonchev–Trinajstić information content (AvgIpc) is 2.93. The Hall–Kier alpha value is -1.94. The van der Waals surface area contributed by atoms with Gasteiger partial charge in [-0.15, -0.1) is 11.3 Å². The van der Waals surface area contributed by atoms with Crippen LogP contribution in [0.15, 0.2) is 41.8 Å². The number of amides is 1. The van der Waals surface area contributed by atoms with E-state index in [1.807, 2.05) is 36.6 Å². The van der Waals surface area contributed by atoms with Gasteiger partial charge in [-0.3, -0.25) is 9.59 Å². The fourth-order valence-corrected chi connectivity index (χ4v) is 2.69. The fourth-order valence-electron chi connectivity index (χ4n) is 1.78. The molecule has 1 aromatic heterocycles. The summed E-state index contributed by atoms with van der Waals surface area (Å²) in [6.07, 6.45) is 0.818. The molecule has 98 valence electrons. The van der Waals surface area contributed by atoms with E-state index in [0.717, 1.165) is 12.0 Å². The Kier molecular flexibility index (Phi) is 4.47. The summed E-state index contributed by atoms with van der Waals surface area (Å²) in [7, 11) is 0. The lowest BCUT2D eigenvalue weighted by molar-refractivity contribution is 0.0906. The summed E-state index contributed by atoms with van der Waals surface area (Å²) in [4.78, 5) is 24.5. The van der Waals surface area contributed by atoms with Crippen molar-refractivity contribution >= 4 is 23.0 Å². The van der Waals surface area contributed by atoms with Gasteiger partial charge in [0.2, 0.25) is 0 Å². The maximum Gasteiger partial charge on any atom is 0.262 e. The number of Topliss-reactive ketones (excluding diaryl/α,β-unsaturated/α-hetero) is 1. The molecule has 0 aliphatic rings. The molecular formula is C15H15NO2S. The van der Waals surface area contributed by atoms with Gasteiger partial charge in [-0.25, -0.2) is 0 Å². The van der Waals surface area contributed by atoms with E-state index in [-0.39, 0.29) is 18.2 Å². The highest BCUT2D eigenvalue weighted by Gasteiger charge is 2.13. The molecule has 0 unspecified atom stereocenters. The Morgan fingerprint density at radius 3 is 2.58 bits per heavy atom. The molecule has 2 aromatic rings. The third-order valence-corrected chi connectivity index (χ3v) is 3.79. The predicted molar refractivity (Wildman–Crippen MR) is 76.8 cm³/mol. The molecule has 0 saturated carbocycles. The van der Waals surface area contributed by atoms with Gasteiger partial charge >= 0.3 is 0 Å². The van der Waals surface area contributed by atoms with Crippen molar-refractivity contribution in [2.45, 2.75) is 13.3 Å². The molecule has 0 fully saturated rings. The van der Waals surface area contributed by atoms with Gasteiger partial charge in [-0.1, -0.05) is 37.3 Å². The van der Waals surface area contributed by atoms with E-state index in [9.17, 15) is 9.59 Å². The Bertz CT molecular complexity index is 575. The van der Waals surface area contributed by atoms with Crippen LogP contribution in [-0.4, -0.2) is 18.2 Å². The van der Waals surface area contributed by atoms with Gasteiger partial charge in [0, 0.05) is 5.56 Å². The van der Waals surface area contributed by atoms with Gasteiger partial charge in [-0.05, 0) is 23.4 Å². The Morgan fingerprint density at radius 1 is 1.16 bits per heavy atom. The molecule has 19 heavy (non-hydrogen) atoms. The van der Waals surface area contributed by atoms with Crippen molar-refractivity contribution in [2.24, 2.45) is 0 Å². The number of thiophene rings is 1. The highest BCUT2D eigenvalue weighted by molar-refractivity contribution is 7.12. The number of benzene rings is 1. The molecule has 2 rings (SSSR count). The van der Waals surface area contributed by atoms with Crippen molar-refractivity contribution < 1.29 is 9.59 Å². The Morgan fingerprint density at radius 2 is 1.89 bits per heavy atom. The molecule has 1 heterocycles. The number of rotatable bonds is 5. The molecule has 0 bridgehead atoms.